The molecule has 0 spiro atoms. The number of rotatable bonds is 3. The summed E-state index contributed by atoms with van der Waals surface area (Å²) in [5.74, 6) is 0.923. The molecule has 1 aromatic heterocycles. The quantitative estimate of drug-likeness (QED) is 0.881. The van der Waals surface area contributed by atoms with Gasteiger partial charge in [0.1, 0.15) is 0 Å². The van der Waals surface area contributed by atoms with E-state index in [9.17, 15) is 0 Å². The van der Waals surface area contributed by atoms with Crippen LogP contribution in [0.15, 0.2) is 6.20 Å². The molecule has 2 fully saturated rings. The number of nitrogens with one attached hydrogen (secondary N) is 1. The van der Waals surface area contributed by atoms with E-state index >= 15 is 0 Å². The highest BCUT2D eigenvalue weighted by atomic mass is 15.3. The number of aryl methyl sites for hydroxylation is 2. The van der Waals surface area contributed by atoms with Crippen molar-refractivity contribution in [2.75, 3.05) is 24.5 Å². The molecule has 0 amide bonds. The van der Waals surface area contributed by atoms with Crippen LogP contribution in [0.1, 0.15) is 31.9 Å². The molecule has 1 aliphatic carbocycles. The van der Waals surface area contributed by atoms with Crippen LogP contribution in [0.3, 0.4) is 0 Å². The van der Waals surface area contributed by atoms with Gasteiger partial charge < -0.3 is 10.2 Å². The lowest BCUT2D eigenvalue weighted by atomic mass is 10.1. The predicted molar refractivity (Wildman–Crippen MR) is 73.9 cm³/mol. The van der Waals surface area contributed by atoms with Crippen LogP contribution < -0.4 is 10.2 Å². The van der Waals surface area contributed by atoms with Crippen molar-refractivity contribution in [2.45, 2.75) is 38.6 Å². The molecule has 1 aromatic rings. The molecule has 0 radical (unpaired) electrons. The Morgan fingerprint density at radius 1 is 1.44 bits per heavy atom. The van der Waals surface area contributed by atoms with Gasteiger partial charge in [0.2, 0.25) is 0 Å². The van der Waals surface area contributed by atoms with Gasteiger partial charge in [-0.2, -0.15) is 5.10 Å². The molecule has 1 aliphatic heterocycles. The van der Waals surface area contributed by atoms with Gasteiger partial charge in [-0.05, 0) is 38.1 Å². The molecule has 100 valence electrons. The van der Waals surface area contributed by atoms with E-state index in [4.69, 9.17) is 0 Å². The van der Waals surface area contributed by atoms with Crippen molar-refractivity contribution in [3.05, 3.63) is 11.9 Å². The molecular formula is C14H24N4. The highest BCUT2D eigenvalue weighted by Crippen LogP contribution is 2.34. The van der Waals surface area contributed by atoms with Crippen molar-refractivity contribution in [1.29, 1.82) is 0 Å². The number of nitrogens with zero attached hydrogens (tertiary/aromatic N) is 3. The van der Waals surface area contributed by atoms with Crippen LogP contribution in [0, 0.1) is 5.92 Å². The number of aromatic nitrogens is 2. The molecule has 2 aliphatic rings. The Hall–Kier alpha value is -1.03. The summed E-state index contributed by atoms with van der Waals surface area (Å²) in [6.07, 6.45) is 7.28. The van der Waals surface area contributed by atoms with Crippen LogP contribution in [0.5, 0.6) is 0 Å². The van der Waals surface area contributed by atoms with Crippen LogP contribution >= 0.6 is 0 Å². The predicted octanol–water partition coefficient (Wildman–Crippen LogP) is 1.56. The molecule has 18 heavy (non-hydrogen) atoms. The number of hydrogen-bond acceptors (Lipinski definition) is 3. The second kappa shape index (κ2) is 4.92. The van der Waals surface area contributed by atoms with E-state index in [1.54, 1.807) is 0 Å². The SMILES string of the molecule is CCc1nn(C)cc1N1CCCNC(C2CC2)C1. The van der Waals surface area contributed by atoms with Gasteiger partial charge >= 0.3 is 0 Å². The van der Waals surface area contributed by atoms with Gasteiger partial charge in [-0.1, -0.05) is 6.92 Å². The molecule has 1 saturated carbocycles. The zero-order valence-electron chi connectivity index (χ0n) is 11.5. The first-order valence-corrected chi connectivity index (χ1v) is 7.28. The van der Waals surface area contributed by atoms with Gasteiger partial charge in [-0.3, -0.25) is 4.68 Å². The largest absolute Gasteiger partial charge is 0.367 e. The minimum Gasteiger partial charge on any atom is -0.367 e. The highest BCUT2D eigenvalue weighted by Gasteiger charge is 2.33. The molecule has 0 aromatic carbocycles. The monoisotopic (exact) mass is 248 g/mol. The minimum absolute atomic E-state index is 0.692. The summed E-state index contributed by atoms with van der Waals surface area (Å²) in [7, 11) is 2.02. The lowest BCUT2D eigenvalue weighted by Crippen LogP contribution is -2.39. The first-order valence-electron chi connectivity index (χ1n) is 7.28. The standard InChI is InChI=1S/C14H24N4/c1-3-12-14(10-17(2)16-12)18-8-4-7-15-13(9-18)11-5-6-11/h10-11,13,15H,3-9H2,1-2H3. The first kappa shape index (κ1) is 12.0. The maximum absolute atomic E-state index is 4.58. The third kappa shape index (κ3) is 2.39. The second-order valence-electron chi connectivity index (χ2n) is 5.69. The van der Waals surface area contributed by atoms with Crippen molar-refractivity contribution < 1.29 is 0 Å². The molecule has 4 nitrogen and oxygen atoms in total. The van der Waals surface area contributed by atoms with Crippen LogP contribution in [0.25, 0.3) is 0 Å². The highest BCUT2D eigenvalue weighted by molar-refractivity contribution is 5.50. The van der Waals surface area contributed by atoms with Gasteiger partial charge in [-0.15, -0.1) is 0 Å². The maximum Gasteiger partial charge on any atom is 0.0855 e. The smallest absolute Gasteiger partial charge is 0.0855 e. The normalized spacial score (nSPS) is 25.2. The molecule has 0 bridgehead atoms. The summed E-state index contributed by atoms with van der Waals surface area (Å²) in [5, 5.41) is 8.29. The van der Waals surface area contributed by atoms with Crippen molar-refractivity contribution in [2.24, 2.45) is 13.0 Å². The molecule has 4 heteroatoms. The molecule has 1 saturated heterocycles. The van der Waals surface area contributed by atoms with E-state index in [0.29, 0.717) is 6.04 Å². The average Bonchev–Trinajstić information content (AvgIpc) is 3.15. The molecule has 2 heterocycles. The third-order valence-corrected chi connectivity index (χ3v) is 4.18. The van der Waals surface area contributed by atoms with Crippen molar-refractivity contribution in [1.82, 2.24) is 15.1 Å². The van der Waals surface area contributed by atoms with Crippen LogP contribution in [-0.4, -0.2) is 35.5 Å². The van der Waals surface area contributed by atoms with E-state index < -0.39 is 0 Å². The van der Waals surface area contributed by atoms with Crippen molar-refractivity contribution in [3.8, 4) is 0 Å². The zero-order chi connectivity index (χ0) is 12.5. The summed E-state index contributed by atoms with van der Waals surface area (Å²) < 4.78 is 1.96. The topological polar surface area (TPSA) is 33.1 Å². The third-order valence-electron chi connectivity index (χ3n) is 4.18. The van der Waals surface area contributed by atoms with Gasteiger partial charge in [0, 0.05) is 32.4 Å². The summed E-state index contributed by atoms with van der Waals surface area (Å²) in [6.45, 7) is 5.68. The minimum atomic E-state index is 0.692. The summed E-state index contributed by atoms with van der Waals surface area (Å²) in [6, 6.07) is 0.692. The molecule has 1 unspecified atom stereocenters. The van der Waals surface area contributed by atoms with E-state index in [2.05, 4.69) is 28.4 Å². The van der Waals surface area contributed by atoms with E-state index in [0.717, 1.165) is 25.4 Å². The molecular weight excluding hydrogens is 224 g/mol. The maximum atomic E-state index is 4.58. The fourth-order valence-corrected chi connectivity index (χ4v) is 3.02. The Morgan fingerprint density at radius 2 is 2.28 bits per heavy atom. The first-order chi connectivity index (χ1) is 8.78. The summed E-state index contributed by atoms with van der Waals surface area (Å²) in [4.78, 5) is 2.55. The Kier molecular flexibility index (Phi) is 3.29. The summed E-state index contributed by atoms with van der Waals surface area (Å²) >= 11 is 0. The molecule has 1 atom stereocenters. The van der Waals surface area contributed by atoms with Gasteiger partial charge in [0.25, 0.3) is 0 Å². The van der Waals surface area contributed by atoms with E-state index in [-0.39, 0.29) is 0 Å². The van der Waals surface area contributed by atoms with E-state index in [1.807, 2.05) is 11.7 Å². The van der Waals surface area contributed by atoms with Crippen LogP contribution in [-0.2, 0) is 13.5 Å². The Balaban J connectivity index is 1.79. The zero-order valence-corrected chi connectivity index (χ0v) is 11.5. The van der Waals surface area contributed by atoms with Crippen LogP contribution in [0.4, 0.5) is 5.69 Å². The number of hydrogen-bond donors (Lipinski definition) is 1. The lowest BCUT2D eigenvalue weighted by Gasteiger charge is -2.26. The Labute approximate surface area is 109 Å². The lowest BCUT2D eigenvalue weighted by molar-refractivity contribution is 0.490. The van der Waals surface area contributed by atoms with Gasteiger partial charge in [-0.25, -0.2) is 0 Å². The Bertz CT molecular complexity index is 408. The fraction of sp³-hybridized carbons (Fsp3) is 0.786. The fourth-order valence-electron chi connectivity index (χ4n) is 3.02. The Morgan fingerprint density at radius 3 is 3.00 bits per heavy atom. The van der Waals surface area contributed by atoms with Crippen molar-refractivity contribution >= 4 is 5.69 Å². The second-order valence-corrected chi connectivity index (χ2v) is 5.69. The van der Waals surface area contributed by atoms with Gasteiger partial charge in [0.05, 0.1) is 11.4 Å². The van der Waals surface area contributed by atoms with Gasteiger partial charge in [0.15, 0.2) is 0 Å². The number of anilines is 1. The van der Waals surface area contributed by atoms with Crippen LogP contribution in [0.2, 0.25) is 0 Å². The van der Waals surface area contributed by atoms with E-state index in [1.165, 1.54) is 37.2 Å². The molecule has 1 N–H and O–H groups in total. The van der Waals surface area contributed by atoms with Crippen molar-refractivity contribution in [3.63, 3.8) is 0 Å². The average molecular weight is 248 g/mol. The molecule has 3 rings (SSSR count). The summed E-state index contributed by atoms with van der Waals surface area (Å²) in [5.41, 5.74) is 2.60.